The minimum absolute atomic E-state index is 0.203. The molecule has 202 valence electrons. The molecule has 2 N–H and O–H groups in total. The van der Waals surface area contributed by atoms with Crippen LogP contribution < -0.4 is 10.6 Å². The van der Waals surface area contributed by atoms with Gasteiger partial charge in [-0.15, -0.1) is 0 Å². The van der Waals surface area contributed by atoms with Crippen LogP contribution in [0.2, 0.25) is 5.15 Å². The summed E-state index contributed by atoms with van der Waals surface area (Å²) in [6.07, 6.45) is 1.93. The average Bonchev–Trinajstić information content (AvgIpc) is 2.92. The topological polar surface area (TPSA) is 79.4 Å². The molecule has 0 saturated carbocycles. The third-order valence-corrected chi connectivity index (χ3v) is 7.40. The molecular weight excluding hydrogens is 510 g/mol. The molecular formula is C31H34ClN5O2. The van der Waals surface area contributed by atoms with Crippen LogP contribution in [0.5, 0.6) is 0 Å². The summed E-state index contributed by atoms with van der Waals surface area (Å²) in [5.41, 5.74) is 5.84. The van der Waals surface area contributed by atoms with E-state index >= 15 is 0 Å². The number of aromatic nitrogens is 2. The van der Waals surface area contributed by atoms with Gasteiger partial charge in [-0.2, -0.15) is 0 Å². The number of benzene rings is 2. The first-order valence-corrected chi connectivity index (χ1v) is 13.6. The van der Waals surface area contributed by atoms with E-state index in [0.29, 0.717) is 10.8 Å². The monoisotopic (exact) mass is 543 g/mol. The Hall–Kier alpha value is -3.52. The molecule has 0 atom stereocenters. The summed E-state index contributed by atoms with van der Waals surface area (Å²) in [6, 6.07) is 17.8. The number of urea groups is 1. The number of ether oxygens (including phenoxy) is 1. The lowest BCUT2D eigenvalue weighted by Crippen LogP contribution is -2.35. The van der Waals surface area contributed by atoms with E-state index in [-0.39, 0.29) is 11.4 Å². The van der Waals surface area contributed by atoms with Crippen LogP contribution in [0.15, 0.2) is 60.8 Å². The van der Waals surface area contributed by atoms with Gasteiger partial charge >= 0.3 is 6.03 Å². The number of hydrogen-bond donors (Lipinski definition) is 2. The largest absolute Gasteiger partial charge is 0.379 e. The maximum absolute atomic E-state index is 13.1. The number of carbonyl (C=O) groups excluding carboxylic acids is 1. The Morgan fingerprint density at radius 3 is 2.41 bits per heavy atom. The van der Waals surface area contributed by atoms with Crippen molar-refractivity contribution < 1.29 is 9.53 Å². The number of pyridine rings is 2. The zero-order valence-corrected chi connectivity index (χ0v) is 23.6. The van der Waals surface area contributed by atoms with Crippen molar-refractivity contribution in [2.75, 3.05) is 36.9 Å². The van der Waals surface area contributed by atoms with Crippen molar-refractivity contribution in [3.05, 3.63) is 82.9 Å². The molecule has 1 fully saturated rings. The van der Waals surface area contributed by atoms with Gasteiger partial charge < -0.3 is 15.4 Å². The van der Waals surface area contributed by atoms with Gasteiger partial charge in [-0.05, 0) is 36.1 Å². The second kappa shape index (κ2) is 11.3. The molecule has 1 saturated heterocycles. The molecule has 2 aromatic heterocycles. The van der Waals surface area contributed by atoms with E-state index in [0.717, 1.165) is 77.4 Å². The van der Waals surface area contributed by atoms with Crippen LogP contribution in [-0.4, -0.2) is 47.2 Å². The molecule has 2 amide bonds. The van der Waals surface area contributed by atoms with Crippen LogP contribution in [0, 0.1) is 6.92 Å². The summed E-state index contributed by atoms with van der Waals surface area (Å²) in [4.78, 5) is 24.7. The van der Waals surface area contributed by atoms with Gasteiger partial charge in [0.05, 0.1) is 30.3 Å². The van der Waals surface area contributed by atoms with E-state index in [9.17, 15) is 4.79 Å². The smallest absolute Gasteiger partial charge is 0.323 e. The highest BCUT2D eigenvalue weighted by Gasteiger charge is 2.20. The number of rotatable bonds is 5. The van der Waals surface area contributed by atoms with Crippen molar-refractivity contribution >= 4 is 39.8 Å². The highest BCUT2D eigenvalue weighted by Crippen LogP contribution is 2.34. The van der Waals surface area contributed by atoms with Gasteiger partial charge in [0.15, 0.2) is 0 Å². The number of hydrogen-bond acceptors (Lipinski definition) is 5. The standard InChI is InChI=1S/C31H34ClN5O2/c1-20-27(17-28(31(2,3)4)36-29(20)32)35-30(38)34-26-12-11-23(24-7-5-6-8-25(24)26)21-9-10-22(33-18-21)19-37-13-15-39-16-14-37/h5-12,17-18H,13-16,19H2,1-4H3,(H2,34,35,36,38). The molecule has 0 radical (unpaired) electrons. The number of amides is 2. The van der Waals surface area contributed by atoms with Crippen molar-refractivity contribution in [3.8, 4) is 11.1 Å². The molecule has 0 aliphatic carbocycles. The number of morpholine rings is 1. The summed E-state index contributed by atoms with van der Waals surface area (Å²) in [5.74, 6) is 0. The summed E-state index contributed by atoms with van der Waals surface area (Å²) < 4.78 is 5.45. The molecule has 4 aromatic rings. The summed E-state index contributed by atoms with van der Waals surface area (Å²) in [6.45, 7) is 12.3. The number of fused-ring (bicyclic) bond motifs is 1. The number of carbonyl (C=O) groups is 1. The van der Waals surface area contributed by atoms with Crippen LogP contribution >= 0.6 is 11.6 Å². The van der Waals surface area contributed by atoms with Crippen LogP contribution in [0.3, 0.4) is 0 Å². The fourth-order valence-electron chi connectivity index (χ4n) is 4.69. The normalized spacial score (nSPS) is 14.4. The lowest BCUT2D eigenvalue weighted by Gasteiger charge is -2.26. The predicted molar refractivity (Wildman–Crippen MR) is 159 cm³/mol. The van der Waals surface area contributed by atoms with Gasteiger partial charge in [-0.25, -0.2) is 9.78 Å². The minimum atomic E-state index is -0.340. The molecule has 3 heterocycles. The molecule has 1 aliphatic heterocycles. The van der Waals surface area contributed by atoms with Gasteiger partial charge in [-0.3, -0.25) is 9.88 Å². The zero-order valence-electron chi connectivity index (χ0n) is 22.8. The van der Waals surface area contributed by atoms with Crippen LogP contribution in [0.4, 0.5) is 16.2 Å². The van der Waals surface area contributed by atoms with E-state index in [4.69, 9.17) is 21.3 Å². The highest BCUT2D eigenvalue weighted by molar-refractivity contribution is 6.30. The first-order chi connectivity index (χ1) is 18.7. The quantitative estimate of drug-likeness (QED) is 0.264. The lowest BCUT2D eigenvalue weighted by atomic mass is 9.91. The molecule has 0 spiro atoms. The SMILES string of the molecule is Cc1c(NC(=O)Nc2ccc(-c3ccc(CN4CCOCC4)nc3)c3ccccc23)cc(C(C)(C)C)nc1Cl. The van der Waals surface area contributed by atoms with Gasteiger partial charge in [0.1, 0.15) is 5.15 Å². The van der Waals surface area contributed by atoms with E-state index in [1.807, 2.05) is 49.5 Å². The second-order valence-electron chi connectivity index (χ2n) is 10.9. The summed E-state index contributed by atoms with van der Waals surface area (Å²) in [5, 5.41) is 8.36. The van der Waals surface area contributed by atoms with E-state index in [1.165, 1.54) is 0 Å². The fraction of sp³-hybridized carbons (Fsp3) is 0.323. The number of nitrogens with one attached hydrogen (secondary N) is 2. The molecule has 0 unspecified atom stereocenters. The number of halogens is 1. The van der Waals surface area contributed by atoms with Crippen LogP contribution in [-0.2, 0) is 16.7 Å². The van der Waals surface area contributed by atoms with Crippen molar-refractivity contribution in [1.29, 1.82) is 0 Å². The van der Waals surface area contributed by atoms with Crippen molar-refractivity contribution in [3.63, 3.8) is 0 Å². The van der Waals surface area contributed by atoms with Gasteiger partial charge in [0, 0.05) is 53.5 Å². The van der Waals surface area contributed by atoms with Crippen molar-refractivity contribution in [2.45, 2.75) is 39.7 Å². The molecule has 39 heavy (non-hydrogen) atoms. The Bertz CT molecular complexity index is 1490. The maximum atomic E-state index is 13.1. The molecule has 5 rings (SSSR count). The van der Waals surface area contributed by atoms with Crippen LogP contribution in [0.1, 0.15) is 37.7 Å². The predicted octanol–water partition coefficient (Wildman–Crippen LogP) is 7.03. The first-order valence-electron chi connectivity index (χ1n) is 13.2. The highest BCUT2D eigenvalue weighted by atomic mass is 35.5. The van der Waals surface area contributed by atoms with Crippen molar-refractivity contribution in [2.24, 2.45) is 0 Å². The Morgan fingerprint density at radius 2 is 1.72 bits per heavy atom. The first kappa shape index (κ1) is 27.1. The van der Waals surface area contributed by atoms with E-state index in [1.54, 1.807) is 0 Å². The molecule has 7 nitrogen and oxygen atoms in total. The maximum Gasteiger partial charge on any atom is 0.323 e. The lowest BCUT2D eigenvalue weighted by molar-refractivity contribution is 0.0336. The van der Waals surface area contributed by atoms with Gasteiger partial charge in [0.25, 0.3) is 0 Å². The van der Waals surface area contributed by atoms with E-state index < -0.39 is 0 Å². The summed E-state index contributed by atoms with van der Waals surface area (Å²) >= 11 is 6.39. The fourth-order valence-corrected chi connectivity index (χ4v) is 4.89. The van der Waals surface area contributed by atoms with E-state index in [2.05, 4.69) is 59.5 Å². The van der Waals surface area contributed by atoms with Crippen molar-refractivity contribution in [1.82, 2.24) is 14.9 Å². The Balaban J connectivity index is 1.37. The zero-order chi connectivity index (χ0) is 27.6. The number of nitrogens with zero attached hydrogens (tertiary/aromatic N) is 3. The molecule has 1 aliphatic rings. The van der Waals surface area contributed by atoms with Crippen LogP contribution in [0.25, 0.3) is 21.9 Å². The Labute approximate surface area is 234 Å². The minimum Gasteiger partial charge on any atom is -0.379 e. The Morgan fingerprint density at radius 1 is 1.00 bits per heavy atom. The molecule has 0 bridgehead atoms. The Kier molecular flexibility index (Phi) is 7.84. The van der Waals surface area contributed by atoms with Gasteiger partial charge in [0.2, 0.25) is 0 Å². The third kappa shape index (κ3) is 6.22. The summed E-state index contributed by atoms with van der Waals surface area (Å²) in [7, 11) is 0. The molecule has 8 heteroatoms. The third-order valence-electron chi connectivity index (χ3n) is 7.03. The van der Waals surface area contributed by atoms with Gasteiger partial charge in [-0.1, -0.05) is 68.8 Å². The molecule has 2 aromatic carbocycles. The average molecular weight is 544 g/mol. The second-order valence-corrected chi connectivity index (χ2v) is 11.3. The number of anilines is 2.